The van der Waals surface area contributed by atoms with Crippen molar-refractivity contribution >= 4 is 43.4 Å². The number of para-hydroxylation sites is 1. The summed E-state index contributed by atoms with van der Waals surface area (Å²) >= 11 is 0. The average Bonchev–Trinajstić information content (AvgIpc) is 3.68. The lowest BCUT2D eigenvalue weighted by molar-refractivity contribution is 0.661. The largest absolute Gasteiger partial charge is 0.307 e. The Balaban J connectivity index is 1.20. The molecule has 0 radical (unpaired) electrons. The van der Waals surface area contributed by atoms with E-state index in [4.69, 9.17) is 9.97 Å². The van der Waals surface area contributed by atoms with E-state index in [-0.39, 0.29) is 5.41 Å². The fourth-order valence-electron chi connectivity index (χ4n) is 8.94. The molecule has 1 aliphatic rings. The molecular formula is C51H35N3. The van der Waals surface area contributed by atoms with Crippen LogP contribution in [0.2, 0.25) is 0 Å². The summed E-state index contributed by atoms with van der Waals surface area (Å²) in [6.45, 7) is 4.76. The highest BCUT2D eigenvalue weighted by molar-refractivity contribution is 6.20. The van der Waals surface area contributed by atoms with Gasteiger partial charge in [0.1, 0.15) is 0 Å². The summed E-state index contributed by atoms with van der Waals surface area (Å²) in [5.74, 6) is 0.724. The predicted molar refractivity (Wildman–Crippen MR) is 225 cm³/mol. The molecule has 3 heteroatoms. The Morgan fingerprint density at radius 2 is 1.07 bits per heavy atom. The van der Waals surface area contributed by atoms with Crippen LogP contribution in [0.1, 0.15) is 25.0 Å². The van der Waals surface area contributed by atoms with Gasteiger partial charge in [-0.25, -0.2) is 9.97 Å². The second-order valence-corrected chi connectivity index (χ2v) is 15.0. The molecule has 0 amide bonds. The van der Waals surface area contributed by atoms with Gasteiger partial charge in [0.25, 0.3) is 0 Å². The lowest BCUT2D eigenvalue weighted by Crippen LogP contribution is -2.15. The maximum atomic E-state index is 5.21. The number of aromatic nitrogens is 3. The van der Waals surface area contributed by atoms with Gasteiger partial charge in [-0.2, -0.15) is 0 Å². The SMILES string of the molecule is CC1(C)c2cc(-c3cc(-c4ccccc4)nc(-c4ccccc4)n3)ccc2-c2c1cc1ccccc1c2-n1c2ccccc2c2ccc3ccccc3c21. The molecule has 10 aromatic rings. The first-order chi connectivity index (χ1) is 26.5. The van der Waals surface area contributed by atoms with Crippen molar-refractivity contribution in [3.05, 3.63) is 187 Å². The van der Waals surface area contributed by atoms with Crippen LogP contribution in [0.4, 0.5) is 0 Å². The normalized spacial score (nSPS) is 13.1. The van der Waals surface area contributed by atoms with Crippen molar-refractivity contribution in [1.29, 1.82) is 0 Å². The lowest BCUT2D eigenvalue weighted by Gasteiger charge is -2.24. The third-order valence-electron chi connectivity index (χ3n) is 11.6. The zero-order valence-electron chi connectivity index (χ0n) is 30.1. The summed E-state index contributed by atoms with van der Waals surface area (Å²) in [6, 6.07) is 63.4. The van der Waals surface area contributed by atoms with Crippen LogP contribution in [0.15, 0.2) is 176 Å². The van der Waals surface area contributed by atoms with Gasteiger partial charge in [0.05, 0.1) is 28.1 Å². The number of nitrogens with zero attached hydrogens (tertiary/aromatic N) is 3. The van der Waals surface area contributed by atoms with E-state index in [0.717, 1.165) is 33.9 Å². The van der Waals surface area contributed by atoms with Crippen molar-refractivity contribution < 1.29 is 0 Å². The van der Waals surface area contributed by atoms with E-state index < -0.39 is 0 Å². The van der Waals surface area contributed by atoms with Gasteiger partial charge in [0.2, 0.25) is 0 Å². The monoisotopic (exact) mass is 689 g/mol. The highest BCUT2D eigenvalue weighted by atomic mass is 15.0. The average molecular weight is 690 g/mol. The van der Waals surface area contributed by atoms with Gasteiger partial charge in [-0.1, -0.05) is 166 Å². The Hall–Kier alpha value is -6.84. The van der Waals surface area contributed by atoms with Gasteiger partial charge < -0.3 is 4.57 Å². The van der Waals surface area contributed by atoms with Crippen LogP contribution in [0.5, 0.6) is 0 Å². The molecule has 2 aromatic heterocycles. The van der Waals surface area contributed by atoms with Crippen LogP contribution in [-0.4, -0.2) is 14.5 Å². The summed E-state index contributed by atoms with van der Waals surface area (Å²) in [5, 5.41) is 7.52. The molecule has 0 saturated heterocycles. The second kappa shape index (κ2) is 11.6. The Bertz CT molecular complexity index is 3060. The molecule has 2 heterocycles. The molecule has 0 bridgehead atoms. The third-order valence-corrected chi connectivity index (χ3v) is 11.6. The van der Waals surface area contributed by atoms with Crippen molar-refractivity contribution in [2.45, 2.75) is 19.3 Å². The van der Waals surface area contributed by atoms with Gasteiger partial charge in [-0.15, -0.1) is 0 Å². The van der Waals surface area contributed by atoms with E-state index in [1.807, 2.05) is 24.3 Å². The van der Waals surface area contributed by atoms with E-state index in [2.05, 4.69) is 170 Å². The van der Waals surface area contributed by atoms with E-state index in [0.29, 0.717) is 0 Å². The quantitative estimate of drug-likeness (QED) is 0.184. The number of hydrogen-bond donors (Lipinski definition) is 0. The van der Waals surface area contributed by atoms with E-state index >= 15 is 0 Å². The first-order valence-corrected chi connectivity index (χ1v) is 18.7. The van der Waals surface area contributed by atoms with Crippen LogP contribution in [-0.2, 0) is 5.41 Å². The molecule has 0 fully saturated rings. The third kappa shape index (κ3) is 4.48. The Morgan fingerprint density at radius 1 is 0.444 bits per heavy atom. The first kappa shape index (κ1) is 30.8. The highest BCUT2D eigenvalue weighted by Crippen LogP contribution is 2.55. The lowest BCUT2D eigenvalue weighted by atomic mass is 9.81. The summed E-state index contributed by atoms with van der Waals surface area (Å²) in [4.78, 5) is 10.3. The van der Waals surface area contributed by atoms with Crippen LogP contribution in [0, 0.1) is 0 Å². The van der Waals surface area contributed by atoms with Gasteiger partial charge >= 0.3 is 0 Å². The molecular weight excluding hydrogens is 655 g/mol. The minimum atomic E-state index is -0.266. The first-order valence-electron chi connectivity index (χ1n) is 18.7. The van der Waals surface area contributed by atoms with E-state index in [9.17, 15) is 0 Å². The van der Waals surface area contributed by atoms with Gasteiger partial charge in [-0.3, -0.25) is 0 Å². The van der Waals surface area contributed by atoms with E-state index in [1.165, 1.54) is 71.3 Å². The van der Waals surface area contributed by atoms with Gasteiger partial charge in [0.15, 0.2) is 5.82 Å². The molecule has 0 N–H and O–H groups in total. The minimum absolute atomic E-state index is 0.266. The van der Waals surface area contributed by atoms with Crippen molar-refractivity contribution in [1.82, 2.24) is 14.5 Å². The van der Waals surface area contributed by atoms with Gasteiger partial charge in [-0.05, 0) is 51.7 Å². The molecule has 254 valence electrons. The van der Waals surface area contributed by atoms with E-state index in [1.54, 1.807) is 0 Å². The molecule has 1 aliphatic carbocycles. The summed E-state index contributed by atoms with van der Waals surface area (Å²) < 4.78 is 2.57. The summed E-state index contributed by atoms with van der Waals surface area (Å²) in [5.41, 5.74) is 13.6. The fraction of sp³-hybridized carbons (Fsp3) is 0.0588. The number of fused-ring (bicyclic) bond motifs is 9. The smallest absolute Gasteiger partial charge is 0.160 e. The Kier molecular flexibility index (Phi) is 6.60. The van der Waals surface area contributed by atoms with Crippen LogP contribution in [0.25, 0.3) is 94.1 Å². The summed E-state index contributed by atoms with van der Waals surface area (Å²) in [7, 11) is 0. The maximum Gasteiger partial charge on any atom is 0.160 e. The molecule has 54 heavy (non-hydrogen) atoms. The maximum absolute atomic E-state index is 5.21. The molecule has 0 spiro atoms. The zero-order valence-corrected chi connectivity index (χ0v) is 30.1. The number of hydrogen-bond acceptors (Lipinski definition) is 2. The zero-order chi connectivity index (χ0) is 36.0. The van der Waals surface area contributed by atoms with Crippen LogP contribution < -0.4 is 0 Å². The van der Waals surface area contributed by atoms with Crippen LogP contribution >= 0.6 is 0 Å². The Labute approximate surface area is 313 Å². The highest BCUT2D eigenvalue weighted by Gasteiger charge is 2.39. The van der Waals surface area contributed by atoms with Crippen molar-refractivity contribution in [2.75, 3.05) is 0 Å². The number of rotatable bonds is 4. The minimum Gasteiger partial charge on any atom is -0.307 e. The summed E-state index contributed by atoms with van der Waals surface area (Å²) in [6.07, 6.45) is 0. The molecule has 0 atom stereocenters. The van der Waals surface area contributed by atoms with Gasteiger partial charge in [0, 0.05) is 49.2 Å². The van der Waals surface area contributed by atoms with Crippen molar-refractivity contribution in [3.8, 4) is 50.7 Å². The predicted octanol–water partition coefficient (Wildman–Crippen LogP) is 13.2. The molecule has 8 aromatic carbocycles. The standard InChI is InChI=1S/C51H35N3/c1-51(2)42-30-36(45-31-44(33-16-5-3-6-17-33)52-50(53-45)34-18-7-4-8-19-34)26-28-41(42)47-43(51)29-35-20-10-12-22-38(35)49(47)54-46-24-14-13-23-39(46)40-27-25-32-15-9-11-21-37(32)48(40)54/h3-31H,1-2H3. The van der Waals surface area contributed by atoms with Crippen LogP contribution in [0.3, 0.4) is 0 Å². The van der Waals surface area contributed by atoms with Crippen molar-refractivity contribution in [2.24, 2.45) is 0 Å². The topological polar surface area (TPSA) is 30.7 Å². The second-order valence-electron chi connectivity index (χ2n) is 15.0. The molecule has 0 unspecified atom stereocenters. The fourth-order valence-corrected chi connectivity index (χ4v) is 8.94. The molecule has 0 aliphatic heterocycles. The molecule has 11 rings (SSSR count). The molecule has 3 nitrogen and oxygen atoms in total. The Morgan fingerprint density at radius 3 is 1.85 bits per heavy atom. The molecule has 0 saturated carbocycles. The van der Waals surface area contributed by atoms with Crippen molar-refractivity contribution in [3.63, 3.8) is 0 Å². The number of benzene rings is 8.